The van der Waals surface area contributed by atoms with Crippen LogP contribution in [0.4, 0.5) is 5.82 Å². The van der Waals surface area contributed by atoms with Crippen LogP contribution in [0.3, 0.4) is 0 Å². The minimum Gasteiger partial charge on any atom is -0.454 e. The summed E-state index contributed by atoms with van der Waals surface area (Å²) in [7, 11) is 0. The van der Waals surface area contributed by atoms with Crippen molar-refractivity contribution >= 4 is 17.5 Å². The fourth-order valence-electron chi connectivity index (χ4n) is 3.67. The molecule has 0 saturated carbocycles. The summed E-state index contributed by atoms with van der Waals surface area (Å²) in [5, 5.41) is 9.99. The Morgan fingerprint density at radius 3 is 2.71 bits per heavy atom. The summed E-state index contributed by atoms with van der Waals surface area (Å²) >= 11 is 0. The van der Waals surface area contributed by atoms with Crippen LogP contribution in [0.5, 0.6) is 11.5 Å². The Morgan fingerprint density at radius 1 is 1.11 bits per heavy atom. The molecule has 3 aromatic rings. The van der Waals surface area contributed by atoms with Crippen LogP contribution in [-0.4, -0.2) is 28.7 Å². The molecule has 0 fully saturated rings. The van der Waals surface area contributed by atoms with Gasteiger partial charge in [0, 0.05) is 17.5 Å². The van der Waals surface area contributed by atoms with E-state index in [0.29, 0.717) is 28.4 Å². The lowest BCUT2D eigenvalue weighted by molar-refractivity contribution is -0.116. The summed E-state index contributed by atoms with van der Waals surface area (Å²) in [6, 6.07) is 13.0. The first-order valence-corrected chi connectivity index (χ1v) is 8.99. The van der Waals surface area contributed by atoms with Crippen molar-refractivity contribution in [3.05, 3.63) is 59.2 Å². The maximum absolute atomic E-state index is 13.3. The molecular weight excluding hydrogens is 358 g/mol. The largest absolute Gasteiger partial charge is 0.454 e. The van der Waals surface area contributed by atoms with Crippen molar-refractivity contribution in [3.63, 3.8) is 0 Å². The van der Waals surface area contributed by atoms with E-state index in [1.807, 2.05) is 31.2 Å². The van der Waals surface area contributed by atoms with Crippen molar-refractivity contribution in [1.29, 1.82) is 0 Å². The number of nitrogens with zero attached hydrogens (tertiary/aromatic N) is 1. The first-order valence-electron chi connectivity index (χ1n) is 8.99. The number of aromatic nitrogens is 2. The lowest BCUT2D eigenvalue weighted by Crippen LogP contribution is -2.27. The third-order valence-electron chi connectivity index (χ3n) is 5.11. The van der Waals surface area contributed by atoms with Crippen LogP contribution in [0.2, 0.25) is 0 Å². The van der Waals surface area contributed by atoms with E-state index in [9.17, 15) is 9.59 Å². The van der Waals surface area contributed by atoms with Crippen LogP contribution in [0.1, 0.15) is 33.8 Å². The maximum atomic E-state index is 13.3. The van der Waals surface area contributed by atoms with Gasteiger partial charge >= 0.3 is 0 Å². The SMILES string of the molecule is Cc1ccc(-c2[nH]nc3c2[C@H](C(=O)c2ccc4c(c2)OCO4)CC(=O)N3)cc1. The first kappa shape index (κ1) is 16.6. The number of ether oxygens (including phenoxy) is 2. The van der Waals surface area contributed by atoms with Gasteiger partial charge in [-0.15, -0.1) is 0 Å². The smallest absolute Gasteiger partial charge is 0.231 e. The quantitative estimate of drug-likeness (QED) is 0.684. The molecule has 2 aromatic carbocycles. The second-order valence-electron chi connectivity index (χ2n) is 6.96. The number of carbonyl (C=O) groups excluding carboxylic acids is 2. The molecule has 1 aromatic heterocycles. The lowest BCUT2D eigenvalue weighted by atomic mass is 9.84. The highest BCUT2D eigenvalue weighted by Gasteiger charge is 2.36. The number of rotatable bonds is 3. The Balaban J connectivity index is 1.58. The van der Waals surface area contributed by atoms with Gasteiger partial charge in [0.1, 0.15) is 0 Å². The van der Waals surface area contributed by atoms with Gasteiger partial charge in [-0.05, 0) is 30.7 Å². The van der Waals surface area contributed by atoms with Gasteiger partial charge in [-0.25, -0.2) is 0 Å². The number of aryl methyl sites for hydroxylation is 1. The Bertz CT molecular complexity index is 1100. The average Bonchev–Trinajstić information content (AvgIpc) is 3.33. The van der Waals surface area contributed by atoms with E-state index < -0.39 is 5.92 Å². The summed E-state index contributed by atoms with van der Waals surface area (Å²) in [5.41, 5.74) is 3.99. The number of Topliss-reactive ketones (excluding diaryl/α,β-unsaturated/α-hetero) is 1. The van der Waals surface area contributed by atoms with Crippen molar-refractivity contribution in [3.8, 4) is 22.8 Å². The van der Waals surface area contributed by atoms with Gasteiger partial charge < -0.3 is 14.8 Å². The van der Waals surface area contributed by atoms with Gasteiger partial charge in [0.25, 0.3) is 0 Å². The van der Waals surface area contributed by atoms with E-state index in [1.54, 1.807) is 18.2 Å². The molecule has 0 spiro atoms. The summed E-state index contributed by atoms with van der Waals surface area (Å²) in [6.45, 7) is 2.15. The van der Waals surface area contributed by atoms with Gasteiger partial charge in [-0.1, -0.05) is 29.8 Å². The number of H-pyrrole nitrogens is 1. The summed E-state index contributed by atoms with van der Waals surface area (Å²) in [5.74, 6) is 0.558. The molecule has 2 N–H and O–H groups in total. The predicted octanol–water partition coefficient (Wildman–Crippen LogP) is 3.42. The van der Waals surface area contributed by atoms with Crippen LogP contribution in [-0.2, 0) is 4.79 Å². The highest BCUT2D eigenvalue weighted by Crippen LogP contribution is 2.41. The average molecular weight is 375 g/mol. The van der Waals surface area contributed by atoms with Gasteiger partial charge in [-0.2, -0.15) is 5.10 Å². The number of hydrogen-bond acceptors (Lipinski definition) is 5. The third-order valence-corrected chi connectivity index (χ3v) is 5.11. The van der Waals surface area contributed by atoms with E-state index in [2.05, 4.69) is 15.5 Å². The molecule has 2 aliphatic rings. The van der Waals surface area contributed by atoms with E-state index in [4.69, 9.17) is 9.47 Å². The zero-order valence-electron chi connectivity index (χ0n) is 15.1. The predicted molar refractivity (Wildman–Crippen MR) is 102 cm³/mol. The van der Waals surface area contributed by atoms with Gasteiger partial charge in [0.05, 0.1) is 11.6 Å². The maximum Gasteiger partial charge on any atom is 0.231 e. The summed E-state index contributed by atoms with van der Waals surface area (Å²) < 4.78 is 10.7. The van der Waals surface area contributed by atoms with E-state index in [0.717, 1.165) is 16.8 Å². The Morgan fingerprint density at radius 2 is 1.89 bits per heavy atom. The summed E-state index contributed by atoms with van der Waals surface area (Å²) in [6.07, 6.45) is 0.0681. The van der Waals surface area contributed by atoms with E-state index in [1.165, 1.54) is 0 Å². The molecule has 7 nitrogen and oxygen atoms in total. The highest BCUT2D eigenvalue weighted by atomic mass is 16.7. The first-order chi connectivity index (χ1) is 13.6. The van der Waals surface area contributed by atoms with Crippen LogP contribution >= 0.6 is 0 Å². The molecule has 5 rings (SSSR count). The van der Waals surface area contributed by atoms with Crippen LogP contribution < -0.4 is 14.8 Å². The van der Waals surface area contributed by atoms with Gasteiger partial charge in [0.2, 0.25) is 12.7 Å². The number of amides is 1. The van der Waals surface area contributed by atoms with Crippen LogP contribution in [0, 0.1) is 6.92 Å². The fraction of sp³-hybridized carbons (Fsp3) is 0.190. The molecule has 0 saturated heterocycles. The van der Waals surface area contributed by atoms with Crippen molar-refractivity contribution in [1.82, 2.24) is 10.2 Å². The number of anilines is 1. The van der Waals surface area contributed by atoms with Gasteiger partial charge in [0.15, 0.2) is 23.1 Å². The fourth-order valence-corrected chi connectivity index (χ4v) is 3.67. The number of ketones is 1. The molecule has 1 amide bonds. The molecule has 28 heavy (non-hydrogen) atoms. The molecule has 2 aliphatic heterocycles. The third kappa shape index (κ3) is 2.63. The van der Waals surface area contributed by atoms with Crippen molar-refractivity contribution in [2.24, 2.45) is 0 Å². The summed E-state index contributed by atoms with van der Waals surface area (Å²) in [4.78, 5) is 25.5. The van der Waals surface area contributed by atoms with Crippen molar-refractivity contribution < 1.29 is 19.1 Å². The second kappa shape index (κ2) is 6.23. The zero-order chi connectivity index (χ0) is 19.3. The second-order valence-corrected chi connectivity index (χ2v) is 6.96. The molecule has 0 unspecified atom stereocenters. The number of hydrogen-bond donors (Lipinski definition) is 2. The number of nitrogens with one attached hydrogen (secondary N) is 2. The van der Waals surface area contributed by atoms with E-state index in [-0.39, 0.29) is 24.9 Å². The minimum absolute atomic E-state index is 0.0681. The van der Waals surface area contributed by atoms with Gasteiger partial charge in [-0.3, -0.25) is 14.7 Å². The lowest BCUT2D eigenvalue weighted by Gasteiger charge is -2.22. The molecule has 7 heteroatoms. The molecule has 0 aliphatic carbocycles. The zero-order valence-corrected chi connectivity index (χ0v) is 15.1. The number of benzene rings is 2. The minimum atomic E-state index is -0.626. The number of aromatic amines is 1. The number of fused-ring (bicyclic) bond motifs is 2. The normalized spacial score (nSPS) is 17.2. The standard InChI is InChI=1S/C21H17N3O4/c1-11-2-4-12(5-3-11)19-18-14(9-17(25)22-21(18)24-23-19)20(26)13-6-7-15-16(8-13)28-10-27-15/h2-8,14H,9-10H2,1H3,(H2,22,23,24,25)/t14-/m1/s1. The monoisotopic (exact) mass is 375 g/mol. The topological polar surface area (TPSA) is 93.3 Å². The number of carbonyl (C=O) groups is 2. The van der Waals surface area contributed by atoms with Crippen LogP contribution in [0.15, 0.2) is 42.5 Å². The molecule has 3 heterocycles. The Hall–Kier alpha value is -3.61. The highest BCUT2D eigenvalue weighted by molar-refractivity contribution is 6.09. The van der Waals surface area contributed by atoms with Crippen molar-refractivity contribution in [2.45, 2.75) is 19.3 Å². The Labute approximate surface area is 160 Å². The molecule has 0 radical (unpaired) electrons. The molecule has 1 atom stereocenters. The van der Waals surface area contributed by atoms with Crippen molar-refractivity contribution in [2.75, 3.05) is 12.1 Å². The molecule has 140 valence electrons. The molecule has 0 bridgehead atoms. The van der Waals surface area contributed by atoms with E-state index >= 15 is 0 Å². The molecular formula is C21H17N3O4. The van der Waals surface area contributed by atoms with Crippen LogP contribution in [0.25, 0.3) is 11.3 Å². The Kier molecular flexibility index (Phi) is 3.68.